The summed E-state index contributed by atoms with van der Waals surface area (Å²) in [4.78, 5) is 14.1. The Hall–Kier alpha value is -1.71. The summed E-state index contributed by atoms with van der Waals surface area (Å²) in [6.07, 6.45) is 4.64. The molecule has 2 N–H and O–H groups in total. The van der Waals surface area contributed by atoms with Crippen LogP contribution < -0.4 is 10.5 Å². The first-order valence-electron chi connectivity index (χ1n) is 7.45. The number of hydrogen-bond acceptors (Lipinski definition) is 3. The quantitative estimate of drug-likeness (QED) is 0.860. The highest BCUT2D eigenvalue weighted by atomic mass is 16.5. The van der Waals surface area contributed by atoms with Gasteiger partial charge in [0, 0.05) is 13.1 Å². The maximum absolute atomic E-state index is 12.2. The topological polar surface area (TPSA) is 55.6 Å². The van der Waals surface area contributed by atoms with Crippen LogP contribution in [0.4, 0.5) is 5.69 Å². The number of benzene rings is 1. The summed E-state index contributed by atoms with van der Waals surface area (Å²) in [6.45, 7) is 4.00. The van der Waals surface area contributed by atoms with Crippen LogP contribution in [0.1, 0.15) is 32.6 Å². The van der Waals surface area contributed by atoms with Crippen LogP contribution in [0.3, 0.4) is 0 Å². The lowest BCUT2D eigenvalue weighted by Crippen LogP contribution is -2.35. The maximum Gasteiger partial charge on any atom is 0.260 e. The Balaban J connectivity index is 1.84. The molecule has 0 spiro atoms. The molecule has 0 aliphatic carbocycles. The van der Waals surface area contributed by atoms with E-state index in [9.17, 15) is 4.79 Å². The first-order chi connectivity index (χ1) is 9.70. The highest BCUT2D eigenvalue weighted by Gasteiger charge is 2.20. The molecule has 4 heteroatoms. The molecular weight excluding hydrogens is 252 g/mol. The molecule has 110 valence electrons. The van der Waals surface area contributed by atoms with Gasteiger partial charge in [0.15, 0.2) is 6.61 Å². The minimum atomic E-state index is 0.0602. The summed E-state index contributed by atoms with van der Waals surface area (Å²) in [5.74, 6) is 1.41. The van der Waals surface area contributed by atoms with Crippen molar-refractivity contribution in [3.63, 3.8) is 0 Å². The zero-order valence-corrected chi connectivity index (χ0v) is 12.2. The zero-order chi connectivity index (χ0) is 14.4. The van der Waals surface area contributed by atoms with Gasteiger partial charge in [0.05, 0.1) is 5.69 Å². The van der Waals surface area contributed by atoms with Crippen LogP contribution in [0.2, 0.25) is 0 Å². The van der Waals surface area contributed by atoms with E-state index in [2.05, 4.69) is 6.92 Å². The Morgan fingerprint density at radius 2 is 2.15 bits per heavy atom. The van der Waals surface area contributed by atoms with Crippen molar-refractivity contribution < 1.29 is 9.53 Å². The van der Waals surface area contributed by atoms with E-state index < -0.39 is 0 Å². The smallest absolute Gasteiger partial charge is 0.260 e. The second kappa shape index (κ2) is 7.17. The van der Waals surface area contributed by atoms with Gasteiger partial charge in [-0.15, -0.1) is 0 Å². The fraction of sp³-hybridized carbons (Fsp3) is 0.562. The number of nitrogens with two attached hydrogens (primary N) is 1. The van der Waals surface area contributed by atoms with Gasteiger partial charge in [0.1, 0.15) is 5.75 Å². The normalized spacial score (nSPS) is 19.4. The molecule has 1 saturated heterocycles. The summed E-state index contributed by atoms with van der Waals surface area (Å²) < 4.78 is 5.53. The number of carbonyl (C=O) groups is 1. The Labute approximate surface area is 120 Å². The molecule has 4 nitrogen and oxygen atoms in total. The summed E-state index contributed by atoms with van der Waals surface area (Å²) >= 11 is 0. The molecule has 2 rings (SSSR count). The molecule has 0 bridgehead atoms. The van der Waals surface area contributed by atoms with E-state index in [0.717, 1.165) is 31.8 Å². The number of nitrogens with zero attached hydrogens (tertiary/aromatic N) is 1. The lowest BCUT2D eigenvalue weighted by Gasteiger charge is -2.21. The summed E-state index contributed by atoms with van der Waals surface area (Å²) in [6, 6.07) is 7.27. The number of likely N-dealkylation sites (tertiary alicyclic amines) is 1. The number of amides is 1. The van der Waals surface area contributed by atoms with Gasteiger partial charge in [-0.3, -0.25) is 4.79 Å². The molecule has 0 saturated carbocycles. The molecule has 0 radical (unpaired) electrons. The minimum Gasteiger partial charge on any atom is -0.482 e. The summed E-state index contributed by atoms with van der Waals surface area (Å²) in [5.41, 5.74) is 6.37. The number of carbonyl (C=O) groups excluding carboxylic acids is 1. The number of nitrogen functional groups attached to an aromatic ring is 1. The number of hydrogen-bond donors (Lipinski definition) is 1. The standard InChI is InChI=1S/C16H24N2O2/c1-2-13-6-5-10-18(11-9-13)16(19)12-20-15-8-4-3-7-14(15)17/h3-4,7-8,13H,2,5-6,9-12,17H2,1H3. The average Bonchev–Trinajstić information content (AvgIpc) is 2.71. The highest BCUT2D eigenvalue weighted by molar-refractivity contribution is 5.78. The molecule has 1 fully saturated rings. The van der Waals surface area contributed by atoms with E-state index in [1.54, 1.807) is 12.1 Å². The van der Waals surface area contributed by atoms with Crippen molar-refractivity contribution in [3.05, 3.63) is 24.3 Å². The number of ether oxygens (including phenoxy) is 1. The maximum atomic E-state index is 12.2. The predicted molar refractivity (Wildman–Crippen MR) is 80.6 cm³/mol. The molecular formula is C16H24N2O2. The molecule has 1 aliphatic rings. The molecule has 1 amide bonds. The molecule has 1 heterocycles. The van der Waals surface area contributed by atoms with Gasteiger partial charge >= 0.3 is 0 Å². The largest absolute Gasteiger partial charge is 0.482 e. The Morgan fingerprint density at radius 3 is 2.90 bits per heavy atom. The van der Waals surface area contributed by atoms with Crippen molar-refractivity contribution in [1.82, 2.24) is 4.90 Å². The Kier molecular flexibility index (Phi) is 5.27. The highest BCUT2D eigenvalue weighted by Crippen LogP contribution is 2.22. The first-order valence-corrected chi connectivity index (χ1v) is 7.45. The van der Waals surface area contributed by atoms with Crippen molar-refractivity contribution in [1.29, 1.82) is 0 Å². The van der Waals surface area contributed by atoms with Crippen LogP contribution >= 0.6 is 0 Å². The van der Waals surface area contributed by atoms with Crippen LogP contribution in [0, 0.1) is 5.92 Å². The second-order valence-corrected chi connectivity index (χ2v) is 5.41. The SMILES string of the molecule is CCC1CCCN(C(=O)COc2ccccc2N)CC1. The van der Waals surface area contributed by atoms with E-state index >= 15 is 0 Å². The minimum absolute atomic E-state index is 0.0602. The van der Waals surface area contributed by atoms with Crippen molar-refractivity contribution >= 4 is 11.6 Å². The summed E-state index contributed by atoms with van der Waals surface area (Å²) in [7, 11) is 0. The van der Waals surface area contributed by atoms with Gasteiger partial charge in [0.2, 0.25) is 0 Å². The van der Waals surface area contributed by atoms with E-state index in [1.807, 2.05) is 17.0 Å². The summed E-state index contributed by atoms with van der Waals surface area (Å²) in [5, 5.41) is 0. The van der Waals surface area contributed by atoms with Crippen LogP contribution in [0.5, 0.6) is 5.75 Å². The fourth-order valence-electron chi connectivity index (χ4n) is 2.67. The molecule has 1 unspecified atom stereocenters. The third-order valence-electron chi connectivity index (χ3n) is 4.05. The van der Waals surface area contributed by atoms with Crippen LogP contribution in [0.15, 0.2) is 24.3 Å². The number of rotatable bonds is 4. The van der Waals surface area contributed by atoms with Crippen molar-refractivity contribution in [3.8, 4) is 5.75 Å². The first kappa shape index (κ1) is 14.7. The van der Waals surface area contributed by atoms with Crippen LogP contribution in [0.25, 0.3) is 0 Å². The van der Waals surface area contributed by atoms with E-state index in [0.29, 0.717) is 11.4 Å². The van der Waals surface area contributed by atoms with E-state index in [1.165, 1.54) is 12.8 Å². The fourth-order valence-corrected chi connectivity index (χ4v) is 2.67. The van der Waals surface area contributed by atoms with Crippen molar-refractivity contribution in [2.24, 2.45) is 5.92 Å². The second-order valence-electron chi connectivity index (χ2n) is 5.41. The lowest BCUT2D eigenvalue weighted by atomic mass is 9.98. The monoisotopic (exact) mass is 276 g/mol. The third-order valence-corrected chi connectivity index (χ3v) is 4.05. The molecule has 1 aromatic rings. The van der Waals surface area contributed by atoms with Gasteiger partial charge in [0.25, 0.3) is 5.91 Å². The molecule has 1 aromatic carbocycles. The van der Waals surface area contributed by atoms with Gasteiger partial charge in [-0.1, -0.05) is 25.5 Å². The van der Waals surface area contributed by atoms with E-state index in [4.69, 9.17) is 10.5 Å². The molecule has 1 atom stereocenters. The Morgan fingerprint density at radius 1 is 1.35 bits per heavy atom. The average molecular weight is 276 g/mol. The van der Waals surface area contributed by atoms with Crippen LogP contribution in [-0.2, 0) is 4.79 Å². The Bertz CT molecular complexity index is 448. The number of anilines is 1. The van der Waals surface area contributed by atoms with Gasteiger partial charge in [-0.05, 0) is 37.3 Å². The van der Waals surface area contributed by atoms with Crippen molar-refractivity contribution in [2.75, 3.05) is 25.4 Å². The van der Waals surface area contributed by atoms with Gasteiger partial charge < -0.3 is 15.4 Å². The predicted octanol–water partition coefficient (Wildman–Crippen LogP) is 2.69. The zero-order valence-electron chi connectivity index (χ0n) is 12.2. The van der Waals surface area contributed by atoms with Crippen LogP contribution in [-0.4, -0.2) is 30.5 Å². The van der Waals surface area contributed by atoms with Crippen molar-refractivity contribution in [2.45, 2.75) is 32.6 Å². The third kappa shape index (κ3) is 3.89. The molecule has 20 heavy (non-hydrogen) atoms. The lowest BCUT2D eigenvalue weighted by molar-refractivity contribution is -0.133. The van der Waals surface area contributed by atoms with Gasteiger partial charge in [-0.25, -0.2) is 0 Å². The molecule has 0 aromatic heterocycles. The molecule has 1 aliphatic heterocycles. The van der Waals surface area contributed by atoms with Gasteiger partial charge in [-0.2, -0.15) is 0 Å². The number of para-hydroxylation sites is 2. The van der Waals surface area contributed by atoms with E-state index in [-0.39, 0.29) is 12.5 Å².